The van der Waals surface area contributed by atoms with Gasteiger partial charge in [-0.05, 0) is 57.2 Å². The van der Waals surface area contributed by atoms with E-state index in [0.717, 1.165) is 17.8 Å². The first-order valence-electron chi connectivity index (χ1n) is 6.90. The Hall–Kier alpha value is -0.340. The van der Waals surface area contributed by atoms with Gasteiger partial charge in [-0.2, -0.15) is 0 Å². The van der Waals surface area contributed by atoms with E-state index in [2.05, 4.69) is 29.0 Å². The fraction of sp³-hybridized carbons (Fsp3) is 0.857. The highest BCUT2D eigenvalue weighted by atomic mass is 15.2. The van der Waals surface area contributed by atoms with Crippen LogP contribution in [0.15, 0.2) is 12.2 Å². The van der Waals surface area contributed by atoms with Crippen LogP contribution in [0.2, 0.25) is 0 Å². The molecule has 1 saturated heterocycles. The monoisotopic (exact) mass is 220 g/mol. The highest BCUT2D eigenvalue weighted by Crippen LogP contribution is 2.43. The van der Waals surface area contributed by atoms with Crippen molar-refractivity contribution in [3.63, 3.8) is 0 Å². The normalized spacial score (nSPS) is 40.4. The molecule has 0 aromatic rings. The molecule has 2 nitrogen and oxygen atoms in total. The van der Waals surface area contributed by atoms with Gasteiger partial charge in [-0.15, -0.1) is 0 Å². The van der Waals surface area contributed by atoms with Gasteiger partial charge in [-0.25, -0.2) is 0 Å². The van der Waals surface area contributed by atoms with E-state index in [0.29, 0.717) is 0 Å². The number of nitrogens with zero attached hydrogens (tertiary/aromatic N) is 2. The third kappa shape index (κ3) is 2.18. The van der Waals surface area contributed by atoms with Crippen LogP contribution in [0.1, 0.15) is 19.3 Å². The minimum absolute atomic E-state index is 0.922. The van der Waals surface area contributed by atoms with Gasteiger partial charge in [0.15, 0.2) is 0 Å². The van der Waals surface area contributed by atoms with Crippen LogP contribution in [-0.2, 0) is 0 Å². The summed E-state index contributed by atoms with van der Waals surface area (Å²) in [7, 11) is 2.25. The number of hydrogen-bond acceptors (Lipinski definition) is 2. The molecule has 0 amide bonds. The number of allylic oxidation sites excluding steroid dienone is 2. The Morgan fingerprint density at radius 2 is 2.00 bits per heavy atom. The predicted octanol–water partition coefficient (Wildman–Crippen LogP) is 1.84. The van der Waals surface area contributed by atoms with Crippen LogP contribution < -0.4 is 0 Å². The van der Waals surface area contributed by atoms with Crippen molar-refractivity contribution in [1.29, 1.82) is 0 Å². The lowest BCUT2D eigenvalue weighted by Gasteiger charge is -2.27. The predicted molar refractivity (Wildman–Crippen MR) is 67.4 cm³/mol. The van der Waals surface area contributed by atoms with Crippen molar-refractivity contribution in [3.05, 3.63) is 12.2 Å². The van der Waals surface area contributed by atoms with Gasteiger partial charge in [0.1, 0.15) is 0 Å². The zero-order valence-corrected chi connectivity index (χ0v) is 10.4. The highest BCUT2D eigenvalue weighted by Gasteiger charge is 2.36. The second-order valence-corrected chi connectivity index (χ2v) is 6.00. The van der Waals surface area contributed by atoms with Gasteiger partial charge < -0.3 is 9.80 Å². The van der Waals surface area contributed by atoms with Crippen molar-refractivity contribution in [1.82, 2.24) is 9.80 Å². The molecule has 0 spiro atoms. The summed E-state index contributed by atoms with van der Waals surface area (Å²) in [6, 6.07) is 0. The lowest BCUT2D eigenvalue weighted by Crippen LogP contribution is -2.34. The number of fused-ring (bicyclic) bond motifs is 2. The van der Waals surface area contributed by atoms with Crippen LogP contribution in [0.4, 0.5) is 0 Å². The third-order valence-corrected chi connectivity index (χ3v) is 4.72. The van der Waals surface area contributed by atoms with Gasteiger partial charge >= 0.3 is 0 Å². The van der Waals surface area contributed by atoms with Crippen LogP contribution in [0, 0.1) is 17.8 Å². The Balaban J connectivity index is 1.53. The molecule has 3 atom stereocenters. The Kier molecular flexibility index (Phi) is 3.03. The minimum Gasteiger partial charge on any atom is -0.305 e. The molecule has 1 saturated carbocycles. The Bertz CT molecular complexity index is 274. The van der Waals surface area contributed by atoms with Crippen molar-refractivity contribution in [3.8, 4) is 0 Å². The molecule has 0 N–H and O–H groups in total. The smallest absolute Gasteiger partial charge is 0.0109 e. The molecule has 2 fully saturated rings. The molecule has 2 bridgehead atoms. The molecular weight excluding hydrogens is 196 g/mol. The maximum Gasteiger partial charge on any atom is 0.0109 e. The van der Waals surface area contributed by atoms with E-state index in [1.807, 2.05) is 0 Å². The number of rotatable bonds is 2. The molecule has 3 rings (SSSR count). The standard InChI is InChI=1S/C14H24N2/c1-15-5-2-6-16(8-7-15)11-14-10-12-3-4-13(14)9-12/h3-4,12-14H,2,5-11H2,1H3/t12-,13-,14+/m1/s1. The topological polar surface area (TPSA) is 6.48 Å². The summed E-state index contributed by atoms with van der Waals surface area (Å²) in [5.74, 6) is 2.83. The van der Waals surface area contributed by atoms with Crippen molar-refractivity contribution >= 4 is 0 Å². The molecule has 90 valence electrons. The van der Waals surface area contributed by atoms with Gasteiger partial charge in [0.25, 0.3) is 0 Å². The molecule has 1 aliphatic heterocycles. The van der Waals surface area contributed by atoms with Crippen molar-refractivity contribution in [2.45, 2.75) is 19.3 Å². The van der Waals surface area contributed by atoms with Gasteiger partial charge in [-0.3, -0.25) is 0 Å². The average Bonchev–Trinajstić information content (AvgIpc) is 2.81. The number of likely N-dealkylation sites (N-methyl/N-ethyl adjacent to an activating group) is 1. The maximum absolute atomic E-state index is 2.71. The van der Waals surface area contributed by atoms with E-state index in [1.165, 1.54) is 52.0 Å². The van der Waals surface area contributed by atoms with Crippen molar-refractivity contribution < 1.29 is 0 Å². The fourth-order valence-corrected chi connectivity index (χ4v) is 3.72. The summed E-state index contributed by atoms with van der Waals surface area (Å²) in [5, 5.41) is 0. The quantitative estimate of drug-likeness (QED) is 0.655. The summed E-state index contributed by atoms with van der Waals surface area (Å²) >= 11 is 0. The zero-order valence-electron chi connectivity index (χ0n) is 10.4. The van der Waals surface area contributed by atoms with E-state index in [1.54, 1.807) is 0 Å². The van der Waals surface area contributed by atoms with Crippen LogP contribution >= 0.6 is 0 Å². The Labute approximate surface area is 99.3 Å². The van der Waals surface area contributed by atoms with E-state index < -0.39 is 0 Å². The molecule has 0 unspecified atom stereocenters. The van der Waals surface area contributed by atoms with Crippen LogP contribution in [0.25, 0.3) is 0 Å². The van der Waals surface area contributed by atoms with Gasteiger partial charge in [0.05, 0.1) is 0 Å². The van der Waals surface area contributed by atoms with Gasteiger partial charge in [0, 0.05) is 19.6 Å². The molecule has 0 aromatic carbocycles. The molecule has 2 aliphatic carbocycles. The molecule has 2 heteroatoms. The fourth-order valence-electron chi connectivity index (χ4n) is 3.72. The lowest BCUT2D eigenvalue weighted by atomic mass is 9.93. The van der Waals surface area contributed by atoms with E-state index in [9.17, 15) is 0 Å². The lowest BCUT2D eigenvalue weighted by molar-refractivity contribution is 0.219. The summed E-state index contributed by atoms with van der Waals surface area (Å²) in [6.45, 7) is 6.51. The first kappa shape index (κ1) is 10.8. The van der Waals surface area contributed by atoms with E-state index >= 15 is 0 Å². The second-order valence-electron chi connectivity index (χ2n) is 6.00. The molecular formula is C14H24N2. The van der Waals surface area contributed by atoms with E-state index in [4.69, 9.17) is 0 Å². The largest absolute Gasteiger partial charge is 0.305 e. The molecule has 0 radical (unpaired) electrons. The summed E-state index contributed by atoms with van der Waals surface area (Å²) < 4.78 is 0. The van der Waals surface area contributed by atoms with Gasteiger partial charge in [0.2, 0.25) is 0 Å². The summed E-state index contributed by atoms with van der Waals surface area (Å²) in [4.78, 5) is 5.18. The second kappa shape index (κ2) is 4.50. The first-order valence-corrected chi connectivity index (χ1v) is 6.90. The first-order chi connectivity index (χ1) is 7.81. The Morgan fingerprint density at radius 3 is 2.75 bits per heavy atom. The molecule has 1 heterocycles. The van der Waals surface area contributed by atoms with Crippen LogP contribution in [-0.4, -0.2) is 49.6 Å². The number of hydrogen-bond donors (Lipinski definition) is 0. The molecule has 16 heavy (non-hydrogen) atoms. The van der Waals surface area contributed by atoms with Crippen LogP contribution in [0.3, 0.4) is 0 Å². The third-order valence-electron chi connectivity index (χ3n) is 4.72. The van der Waals surface area contributed by atoms with Crippen molar-refractivity contribution in [2.24, 2.45) is 17.8 Å². The molecule has 0 aromatic heterocycles. The average molecular weight is 220 g/mol. The molecule has 3 aliphatic rings. The summed E-state index contributed by atoms with van der Waals surface area (Å²) in [5.41, 5.74) is 0. The van der Waals surface area contributed by atoms with Crippen molar-refractivity contribution in [2.75, 3.05) is 39.8 Å². The SMILES string of the molecule is CN1CCCN(C[C@@H]2C[C@@H]3C=C[C@@H]2C3)CC1. The van der Waals surface area contributed by atoms with Crippen LogP contribution in [0.5, 0.6) is 0 Å². The Morgan fingerprint density at radius 1 is 1.06 bits per heavy atom. The van der Waals surface area contributed by atoms with Gasteiger partial charge in [-0.1, -0.05) is 12.2 Å². The minimum atomic E-state index is 0.922. The van der Waals surface area contributed by atoms with E-state index in [-0.39, 0.29) is 0 Å². The highest BCUT2D eigenvalue weighted by molar-refractivity contribution is 5.10. The zero-order chi connectivity index (χ0) is 11.0. The maximum atomic E-state index is 2.71. The summed E-state index contributed by atoms with van der Waals surface area (Å²) in [6.07, 6.45) is 9.22.